The van der Waals surface area contributed by atoms with Gasteiger partial charge in [0.25, 0.3) is 0 Å². The summed E-state index contributed by atoms with van der Waals surface area (Å²) in [4.78, 5) is 12.0. The van der Waals surface area contributed by atoms with Gasteiger partial charge >= 0.3 is 6.03 Å². The van der Waals surface area contributed by atoms with E-state index in [4.69, 9.17) is 0 Å². The van der Waals surface area contributed by atoms with Crippen LogP contribution in [0.25, 0.3) is 10.1 Å². The SMILES string of the molecule is Cc1ccc(NC(=O)Nc2csc3ccccc23)cc1. The summed E-state index contributed by atoms with van der Waals surface area (Å²) in [6.07, 6.45) is 0. The molecule has 2 aromatic carbocycles. The van der Waals surface area contributed by atoms with Gasteiger partial charge in [0.1, 0.15) is 0 Å². The zero-order valence-corrected chi connectivity index (χ0v) is 11.8. The van der Waals surface area contributed by atoms with E-state index in [-0.39, 0.29) is 6.03 Å². The second kappa shape index (κ2) is 5.35. The number of amides is 2. The van der Waals surface area contributed by atoms with E-state index in [2.05, 4.69) is 10.6 Å². The van der Waals surface area contributed by atoms with Gasteiger partial charge < -0.3 is 10.6 Å². The van der Waals surface area contributed by atoms with E-state index in [1.807, 2.05) is 60.8 Å². The van der Waals surface area contributed by atoms with Crippen LogP contribution >= 0.6 is 11.3 Å². The topological polar surface area (TPSA) is 41.1 Å². The van der Waals surface area contributed by atoms with Crippen molar-refractivity contribution in [1.29, 1.82) is 0 Å². The quantitative estimate of drug-likeness (QED) is 0.693. The Kier molecular flexibility index (Phi) is 3.39. The summed E-state index contributed by atoms with van der Waals surface area (Å²) in [6.45, 7) is 2.02. The highest BCUT2D eigenvalue weighted by atomic mass is 32.1. The molecule has 0 radical (unpaired) electrons. The molecule has 2 amide bonds. The number of hydrogen-bond donors (Lipinski definition) is 2. The molecule has 3 rings (SSSR count). The van der Waals surface area contributed by atoms with Gasteiger partial charge in [-0.1, -0.05) is 35.9 Å². The molecular formula is C16H14N2OS. The van der Waals surface area contributed by atoms with Crippen molar-refractivity contribution in [1.82, 2.24) is 0 Å². The van der Waals surface area contributed by atoms with Gasteiger partial charge in [-0.25, -0.2) is 4.79 Å². The number of aryl methyl sites for hydroxylation is 1. The molecule has 2 N–H and O–H groups in total. The van der Waals surface area contributed by atoms with Crippen LogP contribution in [0.15, 0.2) is 53.9 Å². The smallest absolute Gasteiger partial charge is 0.308 e. The molecule has 0 aliphatic heterocycles. The molecule has 0 aliphatic carbocycles. The summed E-state index contributed by atoms with van der Waals surface area (Å²) in [5.74, 6) is 0. The fourth-order valence-electron chi connectivity index (χ4n) is 2.00. The van der Waals surface area contributed by atoms with E-state index in [1.165, 1.54) is 5.56 Å². The summed E-state index contributed by atoms with van der Waals surface area (Å²) in [7, 11) is 0. The Labute approximate surface area is 121 Å². The van der Waals surface area contributed by atoms with E-state index in [1.54, 1.807) is 11.3 Å². The number of hydrogen-bond acceptors (Lipinski definition) is 2. The van der Waals surface area contributed by atoms with Gasteiger partial charge in [-0.3, -0.25) is 0 Å². The summed E-state index contributed by atoms with van der Waals surface area (Å²) in [6, 6.07) is 15.5. The molecule has 0 unspecified atom stereocenters. The minimum absolute atomic E-state index is 0.225. The molecule has 20 heavy (non-hydrogen) atoms. The third kappa shape index (κ3) is 2.65. The van der Waals surface area contributed by atoms with Crippen molar-refractivity contribution in [2.24, 2.45) is 0 Å². The van der Waals surface area contributed by atoms with E-state index < -0.39 is 0 Å². The molecule has 0 spiro atoms. The predicted octanol–water partition coefficient (Wildman–Crippen LogP) is 4.85. The van der Waals surface area contributed by atoms with Crippen molar-refractivity contribution < 1.29 is 4.79 Å². The van der Waals surface area contributed by atoms with Gasteiger partial charge in [0, 0.05) is 21.2 Å². The fraction of sp³-hybridized carbons (Fsp3) is 0.0625. The molecule has 0 saturated heterocycles. The highest BCUT2D eigenvalue weighted by Gasteiger charge is 2.07. The lowest BCUT2D eigenvalue weighted by molar-refractivity contribution is 0.262. The monoisotopic (exact) mass is 282 g/mol. The first-order chi connectivity index (χ1) is 9.72. The van der Waals surface area contributed by atoms with Crippen LogP contribution < -0.4 is 10.6 Å². The Hall–Kier alpha value is -2.33. The molecular weight excluding hydrogens is 268 g/mol. The van der Waals surface area contributed by atoms with Crippen LogP contribution in [-0.4, -0.2) is 6.03 Å². The molecule has 0 aliphatic rings. The first-order valence-corrected chi connectivity index (χ1v) is 7.21. The van der Waals surface area contributed by atoms with Crippen LogP contribution in [0.4, 0.5) is 16.2 Å². The Bertz CT molecular complexity index is 747. The maximum absolute atomic E-state index is 12.0. The molecule has 0 fully saturated rings. The maximum atomic E-state index is 12.0. The predicted molar refractivity (Wildman–Crippen MR) is 85.6 cm³/mol. The van der Waals surface area contributed by atoms with Gasteiger partial charge in [-0.05, 0) is 25.1 Å². The van der Waals surface area contributed by atoms with Gasteiger partial charge in [0.15, 0.2) is 0 Å². The summed E-state index contributed by atoms with van der Waals surface area (Å²) < 4.78 is 1.16. The van der Waals surface area contributed by atoms with Crippen LogP contribution in [0.2, 0.25) is 0 Å². The average molecular weight is 282 g/mol. The summed E-state index contributed by atoms with van der Waals surface area (Å²) in [5, 5.41) is 8.74. The number of fused-ring (bicyclic) bond motifs is 1. The van der Waals surface area contributed by atoms with Crippen molar-refractivity contribution in [2.75, 3.05) is 10.6 Å². The van der Waals surface area contributed by atoms with Crippen molar-refractivity contribution in [2.45, 2.75) is 6.92 Å². The number of carbonyl (C=O) groups excluding carboxylic acids is 1. The number of nitrogens with one attached hydrogen (secondary N) is 2. The first-order valence-electron chi connectivity index (χ1n) is 6.33. The molecule has 0 atom stereocenters. The minimum Gasteiger partial charge on any atom is -0.308 e. The lowest BCUT2D eigenvalue weighted by Gasteiger charge is -2.07. The van der Waals surface area contributed by atoms with Crippen LogP contribution in [0.5, 0.6) is 0 Å². The number of benzene rings is 2. The van der Waals surface area contributed by atoms with Crippen molar-refractivity contribution in [3.05, 3.63) is 59.5 Å². The lowest BCUT2D eigenvalue weighted by atomic mass is 10.2. The largest absolute Gasteiger partial charge is 0.323 e. The normalized spacial score (nSPS) is 10.4. The number of urea groups is 1. The van der Waals surface area contributed by atoms with Crippen molar-refractivity contribution in [3.8, 4) is 0 Å². The maximum Gasteiger partial charge on any atom is 0.323 e. The van der Waals surface area contributed by atoms with Crippen LogP contribution in [-0.2, 0) is 0 Å². The zero-order chi connectivity index (χ0) is 13.9. The second-order valence-corrected chi connectivity index (χ2v) is 5.50. The summed E-state index contributed by atoms with van der Waals surface area (Å²) in [5.41, 5.74) is 2.79. The minimum atomic E-state index is -0.225. The van der Waals surface area contributed by atoms with E-state index in [0.29, 0.717) is 0 Å². The van der Waals surface area contributed by atoms with E-state index in [0.717, 1.165) is 21.5 Å². The third-order valence-corrected chi connectivity index (χ3v) is 4.00. The Morgan fingerprint density at radius 2 is 1.75 bits per heavy atom. The Balaban J connectivity index is 1.74. The van der Waals surface area contributed by atoms with Crippen molar-refractivity contribution >= 4 is 38.8 Å². The van der Waals surface area contributed by atoms with E-state index in [9.17, 15) is 4.79 Å². The fourth-order valence-corrected chi connectivity index (χ4v) is 2.89. The Morgan fingerprint density at radius 3 is 2.55 bits per heavy atom. The first kappa shape index (κ1) is 12.7. The van der Waals surface area contributed by atoms with Crippen LogP contribution in [0, 0.1) is 6.92 Å². The molecule has 0 bridgehead atoms. The molecule has 3 nitrogen and oxygen atoms in total. The highest BCUT2D eigenvalue weighted by molar-refractivity contribution is 7.17. The molecule has 3 aromatic rings. The van der Waals surface area contributed by atoms with Gasteiger partial charge in [-0.15, -0.1) is 11.3 Å². The van der Waals surface area contributed by atoms with E-state index >= 15 is 0 Å². The van der Waals surface area contributed by atoms with Gasteiger partial charge in [0.2, 0.25) is 0 Å². The van der Waals surface area contributed by atoms with Crippen LogP contribution in [0.3, 0.4) is 0 Å². The van der Waals surface area contributed by atoms with Gasteiger partial charge in [0.05, 0.1) is 5.69 Å². The number of rotatable bonds is 2. The van der Waals surface area contributed by atoms with Crippen LogP contribution in [0.1, 0.15) is 5.56 Å². The highest BCUT2D eigenvalue weighted by Crippen LogP contribution is 2.29. The molecule has 100 valence electrons. The Morgan fingerprint density at radius 1 is 1.00 bits per heavy atom. The third-order valence-electron chi connectivity index (χ3n) is 3.04. The lowest BCUT2D eigenvalue weighted by Crippen LogP contribution is -2.19. The number of anilines is 2. The zero-order valence-electron chi connectivity index (χ0n) is 11.0. The molecule has 1 aromatic heterocycles. The standard InChI is InChI=1S/C16H14N2OS/c1-11-6-8-12(9-7-11)17-16(19)18-14-10-20-15-5-3-2-4-13(14)15/h2-10H,1H3,(H2,17,18,19). The molecule has 1 heterocycles. The molecule has 4 heteroatoms. The number of thiophene rings is 1. The van der Waals surface area contributed by atoms with Crippen molar-refractivity contribution in [3.63, 3.8) is 0 Å². The second-order valence-electron chi connectivity index (χ2n) is 4.59. The average Bonchev–Trinajstić information content (AvgIpc) is 2.85. The van der Waals surface area contributed by atoms with Gasteiger partial charge in [-0.2, -0.15) is 0 Å². The molecule has 0 saturated carbocycles. The number of carbonyl (C=O) groups is 1. The summed E-state index contributed by atoms with van der Waals surface area (Å²) >= 11 is 1.62.